The molecule has 3 aromatic rings. The fourth-order valence-electron chi connectivity index (χ4n) is 3.62. The molecule has 0 saturated carbocycles. The Balaban J connectivity index is 1.77. The molecule has 0 bridgehead atoms. The van der Waals surface area contributed by atoms with Gasteiger partial charge in [0.25, 0.3) is 0 Å². The zero-order chi connectivity index (χ0) is 19.0. The average Bonchev–Trinajstić information content (AvgIpc) is 3.07. The Kier molecular flexibility index (Phi) is 4.52. The molecule has 0 amide bonds. The Bertz CT molecular complexity index is 928. The van der Waals surface area contributed by atoms with E-state index >= 15 is 0 Å². The molecular formula is C21H20F3N3. The molecule has 140 valence electrons. The molecule has 1 aliphatic heterocycles. The maximum atomic E-state index is 12.9. The standard InChI is InChI=1S/C21H20F3N3/c1-14(15-5-3-2-4-6-15)27-19-11-12-25-13-18(19)20(26-27)16-7-9-17(10-8-16)21(22,23)24/h2-10,14,25H,11-13H2,1H3. The van der Waals surface area contributed by atoms with E-state index < -0.39 is 11.7 Å². The van der Waals surface area contributed by atoms with Crippen molar-refractivity contribution in [3.05, 3.63) is 77.0 Å². The number of hydrogen-bond acceptors (Lipinski definition) is 2. The summed E-state index contributed by atoms with van der Waals surface area (Å²) in [5.74, 6) is 0. The molecule has 0 radical (unpaired) electrons. The van der Waals surface area contributed by atoms with Gasteiger partial charge in [-0.2, -0.15) is 18.3 Å². The highest BCUT2D eigenvalue weighted by atomic mass is 19.4. The van der Waals surface area contributed by atoms with Crippen molar-refractivity contribution in [3.8, 4) is 11.3 Å². The third-order valence-corrected chi connectivity index (χ3v) is 5.09. The van der Waals surface area contributed by atoms with Gasteiger partial charge in [-0.25, -0.2) is 0 Å². The number of halogens is 3. The van der Waals surface area contributed by atoms with Crippen LogP contribution in [0.3, 0.4) is 0 Å². The molecule has 0 fully saturated rings. The molecule has 2 aromatic carbocycles. The van der Waals surface area contributed by atoms with Crippen LogP contribution in [0.4, 0.5) is 13.2 Å². The molecule has 4 rings (SSSR count). The van der Waals surface area contributed by atoms with E-state index in [9.17, 15) is 13.2 Å². The molecular weight excluding hydrogens is 351 g/mol. The highest BCUT2D eigenvalue weighted by molar-refractivity contribution is 5.65. The SMILES string of the molecule is CC(c1ccccc1)n1nc(-c2ccc(C(F)(F)F)cc2)c2c1CCNC2. The van der Waals surface area contributed by atoms with Crippen molar-refractivity contribution >= 4 is 0 Å². The Morgan fingerprint density at radius 2 is 1.74 bits per heavy atom. The largest absolute Gasteiger partial charge is 0.416 e. The summed E-state index contributed by atoms with van der Waals surface area (Å²) in [4.78, 5) is 0. The van der Waals surface area contributed by atoms with Crippen LogP contribution in [-0.2, 0) is 19.1 Å². The number of nitrogens with one attached hydrogen (secondary N) is 1. The van der Waals surface area contributed by atoms with Crippen LogP contribution >= 0.6 is 0 Å². The monoisotopic (exact) mass is 371 g/mol. The second kappa shape index (κ2) is 6.85. The lowest BCUT2D eigenvalue weighted by Gasteiger charge is -2.20. The van der Waals surface area contributed by atoms with E-state index in [0.717, 1.165) is 47.6 Å². The van der Waals surface area contributed by atoms with Crippen molar-refractivity contribution in [3.63, 3.8) is 0 Å². The van der Waals surface area contributed by atoms with Crippen molar-refractivity contribution in [2.75, 3.05) is 6.54 Å². The van der Waals surface area contributed by atoms with Crippen molar-refractivity contribution < 1.29 is 13.2 Å². The number of fused-ring (bicyclic) bond motifs is 1. The van der Waals surface area contributed by atoms with E-state index in [-0.39, 0.29) is 6.04 Å². The Labute approximate surface area is 155 Å². The van der Waals surface area contributed by atoms with Crippen LogP contribution in [0.5, 0.6) is 0 Å². The number of nitrogens with zero attached hydrogens (tertiary/aromatic N) is 2. The lowest BCUT2D eigenvalue weighted by Crippen LogP contribution is -2.25. The van der Waals surface area contributed by atoms with Gasteiger partial charge in [-0.15, -0.1) is 0 Å². The molecule has 1 N–H and O–H groups in total. The zero-order valence-electron chi connectivity index (χ0n) is 14.9. The molecule has 2 heterocycles. The van der Waals surface area contributed by atoms with E-state index in [2.05, 4.69) is 24.4 Å². The minimum atomic E-state index is -4.33. The maximum Gasteiger partial charge on any atom is 0.416 e. The molecule has 3 nitrogen and oxygen atoms in total. The van der Waals surface area contributed by atoms with Gasteiger partial charge in [0.2, 0.25) is 0 Å². The van der Waals surface area contributed by atoms with Gasteiger partial charge >= 0.3 is 6.18 Å². The topological polar surface area (TPSA) is 29.9 Å². The third-order valence-electron chi connectivity index (χ3n) is 5.09. The molecule has 0 aliphatic carbocycles. The number of rotatable bonds is 3. The van der Waals surface area contributed by atoms with E-state index in [4.69, 9.17) is 5.10 Å². The van der Waals surface area contributed by atoms with Crippen LogP contribution in [-0.4, -0.2) is 16.3 Å². The van der Waals surface area contributed by atoms with Gasteiger partial charge in [-0.3, -0.25) is 4.68 Å². The van der Waals surface area contributed by atoms with E-state index in [1.165, 1.54) is 12.1 Å². The van der Waals surface area contributed by atoms with Gasteiger partial charge in [-0.1, -0.05) is 42.5 Å². The lowest BCUT2D eigenvalue weighted by atomic mass is 10.0. The van der Waals surface area contributed by atoms with Crippen LogP contribution in [0.15, 0.2) is 54.6 Å². The summed E-state index contributed by atoms with van der Waals surface area (Å²) in [7, 11) is 0. The van der Waals surface area contributed by atoms with Crippen molar-refractivity contribution in [2.24, 2.45) is 0 Å². The predicted molar refractivity (Wildman–Crippen MR) is 98.3 cm³/mol. The van der Waals surface area contributed by atoms with Gasteiger partial charge in [0, 0.05) is 36.3 Å². The molecule has 1 aromatic heterocycles. The van der Waals surface area contributed by atoms with Gasteiger partial charge in [-0.05, 0) is 24.6 Å². The summed E-state index contributed by atoms with van der Waals surface area (Å²) >= 11 is 0. The summed E-state index contributed by atoms with van der Waals surface area (Å²) in [6, 6.07) is 15.4. The van der Waals surface area contributed by atoms with Crippen LogP contribution < -0.4 is 5.32 Å². The van der Waals surface area contributed by atoms with E-state index in [1.54, 1.807) is 0 Å². The maximum absolute atomic E-state index is 12.9. The minimum Gasteiger partial charge on any atom is -0.312 e. The van der Waals surface area contributed by atoms with E-state index in [1.807, 2.05) is 22.9 Å². The molecule has 6 heteroatoms. The van der Waals surface area contributed by atoms with Crippen molar-refractivity contribution in [1.29, 1.82) is 0 Å². The molecule has 0 spiro atoms. The highest BCUT2D eigenvalue weighted by Crippen LogP contribution is 2.34. The first-order chi connectivity index (χ1) is 12.9. The first-order valence-corrected chi connectivity index (χ1v) is 8.98. The predicted octanol–water partition coefficient (Wildman–Crippen LogP) is 4.82. The Morgan fingerprint density at radius 3 is 2.41 bits per heavy atom. The van der Waals surface area contributed by atoms with Gasteiger partial charge in [0.1, 0.15) is 0 Å². The Hall–Kier alpha value is -2.60. The molecule has 1 unspecified atom stereocenters. The first-order valence-electron chi connectivity index (χ1n) is 8.98. The summed E-state index contributed by atoms with van der Waals surface area (Å²) in [6.07, 6.45) is -3.49. The number of alkyl halides is 3. The smallest absolute Gasteiger partial charge is 0.312 e. The van der Waals surface area contributed by atoms with Crippen molar-refractivity contribution in [2.45, 2.75) is 32.1 Å². The van der Waals surface area contributed by atoms with Crippen LogP contribution in [0, 0.1) is 0 Å². The molecule has 1 atom stereocenters. The Morgan fingerprint density at radius 1 is 1.04 bits per heavy atom. The second-order valence-electron chi connectivity index (χ2n) is 6.81. The fourth-order valence-corrected chi connectivity index (χ4v) is 3.62. The zero-order valence-corrected chi connectivity index (χ0v) is 14.9. The van der Waals surface area contributed by atoms with Crippen molar-refractivity contribution in [1.82, 2.24) is 15.1 Å². The quantitative estimate of drug-likeness (QED) is 0.715. The normalized spacial score (nSPS) is 15.4. The van der Waals surface area contributed by atoms with Crippen LogP contribution in [0.25, 0.3) is 11.3 Å². The van der Waals surface area contributed by atoms with Crippen LogP contribution in [0.2, 0.25) is 0 Å². The van der Waals surface area contributed by atoms with Crippen LogP contribution in [0.1, 0.15) is 35.3 Å². The number of hydrogen-bond donors (Lipinski definition) is 1. The summed E-state index contributed by atoms with van der Waals surface area (Å²) in [5, 5.41) is 8.17. The third kappa shape index (κ3) is 3.37. The van der Waals surface area contributed by atoms with Gasteiger partial charge < -0.3 is 5.32 Å². The average molecular weight is 371 g/mol. The summed E-state index contributed by atoms with van der Waals surface area (Å²) in [6.45, 7) is 3.64. The molecule has 27 heavy (non-hydrogen) atoms. The lowest BCUT2D eigenvalue weighted by molar-refractivity contribution is -0.137. The van der Waals surface area contributed by atoms with Gasteiger partial charge in [0.15, 0.2) is 0 Å². The minimum absolute atomic E-state index is 0.0567. The molecule has 0 saturated heterocycles. The number of benzene rings is 2. The summed E-state index contributed by atoms with van der Waals surface area (Å²) < 4.78 is 40.6. The highest BCUT2D eigenvalue weighted by Gasteiger charge is 2.30. The van der Waals surface area contributed by atoms with Gasteiger partial charge in [0.05, 0.1) is 17.3 Å². The summed E-state index contributed by atoms with van der Waals surface area (Å²) in [5.41, 5.74) is 4.20. The number of aromatic nitrogens is 2. The first kappa shape index (κ1) is 17.8. The second-order valence-corrected chi connectivity index (χ2v) is 6.81. The van der Waals surface area contributed by atoms with E-state index in [0.29, 0.717) is 12.1 Å². The fraction of sp³-hybridized carbons (Fsp3) is 0.286. The molecule has 1 aliphatic rings.